The predicted octanol–water partition coefficient (Wildman–Crippen LogP) is 3.63. The molecule has 0 aliphatic carbocycles. The number of halogens is 1. The van der Waals surface area contributed by atoms with Crippen molar-refractivity contribution in [3.63, 3.8) is 0 Å². The van der Waals surface area contributed by atoms with Crippen molar-refractivity contribution in [2.24, 2.45) is 0 Å². The van der Waals surface area contributed by atoms with Crippen molar-refractivity contribution in [3.8, 4) is 0 Å². The fourth-order valence-electron chi connectivity index (χ4n) is 1.91. The molecule has 0 fully saturated rings. The second-order valence-electron chi connectivity index (χ2n) is 4.53. The third-order valence-corrected chi connectivity index (χ3v) is 4.68. The molecule has 1 amide bonds. The lowest BCUT2D eigenvalue weighted by molar-refractivity contribution is -0.384. The fourth-order valence-corrected chi connectivity index (χ4v) is 3.11. The molecule has 1 N–H and O–H groups in total. The number of fused-ring (bicyclic) bond motifs is 1. The van der Waals surface area contributed by atoms with Gasteiger partial charge in [-0.25, -0.2) is 4.98 Å². The van der Waals surface area contributed by atoms with Gasteiger partial charge in [-0.15, -0.1) is 11.3 Å². The summed E-state index contributed by atoms with van der Waals surface area (Å²) in [4.78, 5) is 27.5. The van der Waals surface area contributed by atoms with Crippen LogP contribution in [0.3, 0.4) is 0 Å². The van der Waals surface area contributed by atoms with Gasteiger partial charge in [0.25, 0.3) is 11.6 Å². The molecule has 0 saturated carbocycles. The van der Waals surface area contributed by atoms with E-state index in [1.54, 1.807) is 6.20 Å². The monoisotopic (exact) mass is 380 g/mol. The molecule has 2 aromatic heterocycles. The molecule has 22 heavy (non-hydrogen) atoms. The molecule has 0 saturated heterocycles. The Hall–Kier alpha value is -2.26. The van der Waals surface area contributed by atoms with Gasteiger partial charge in [-0.2, -0.15) is 0 Å². The standard InChI is InChI=1S/C13H9BrN4O3S/c1-7-6-22-13-16-11(5-17(7)13)12(19)15-10-4-8(18(20)21)2-3-9(10)14/h2-6H,1H3,(H,15,19). The Balaban J connectivity index is 1.90. The molecule has 3 aromatic rings. The molecule has 3 rings (SSSR count). The number of thiazole rings is 1. The van der Waals surface area contributed by atoms with Gasteiger partial charge in [-0.3, -0.25) is 19.3 Å². The number of hydrogen-bond acceptors (Lipinski definition) is 5. The maximum Gasteiger partial charge on any atom is 0.275 e. The SMILES string of the molecule is Cc1csc2nc(C(=O)Nc3cc([N+](=O)[O-])ccc3Br)cn12. The van der Waals surface area contributed by atoms with Crippen LogP contribution in [0.5, 0.6) is 0 Å². The van der Waals surface area contributed by atoms with Crippen LogP contribution in [0.2, 0.25) is 0 Å². The molecule has 0 spiro atoms. The van der Waals surface area contributed by atoms with Gasteiger partial charge in [-0.1, -0.05) is 0 Å². The maximum absolute atomic E-state index is 12.3. The number of hydrogen-bond donors (Lipinski definition) is 1. The van der Waals surface area contributed by atoms with Crippen LogP contribution in [0.4, 0.5) is 11.4 Å². The number of anilines is 1. The zero-order valence-corrected chi connectivity index (χ0v) is 13.6. The van der Waals surface area contributed by atoms with Crippen LogP contribution in [0.15, 0.2) is 34.2 Å². The lowest BCUT2D eigenvalue weighted by atomic mass is 10.2. The average molecular weight is 381 g/mol. The van der Waals surface area contributed by atoms with Crippen molar-refractivity contribution in [1.29, 1.82) is 0 Å². The Morgan fingerprint density at radius 2 is 2.27 bits per heavy atom. The fraction of sp³-hybridized carbons (Fsp3) is 0.0769. The molecule has 0 radical (unpaired) electrons. The molecular formula is C13H9BrN4O3S. The summed E-state index contributed by atoms with van der Waals surface area (Å²) in [5, 5.41) is 15.4. The van der Waals surface area contributed by atoms with Gasteiger partial charge in [0.1, 0.15) is 5.69 Å². The van der Waals surface area contributed by atoms with E-state index in [1.165, 1.54) is 29.5 Å². The van der Waals surface area contributed by atoms with Crippen molar-refractivity contribution < 1.29 is 9.72 Å². The molecule has 2 heterocycles. The molecule has 0 unspecified atom stereocenters. The van der Waals surface area contributed by atoms with E-state index in [1.807, 2.05) is 16.7 Å². The van der Waals surface area contributed by atoms with Gasteiger partial charge in [0.15, 0.2) is 4.96 Å². The first kappa shape index (κ1) is 14.7. The van der Waals surface area contributed by atoms with Gasteiger partial charge in [0.05, 0.1) is 10.6 Å². The van der Waals surface area contributed by atoms with Gasteiger partial charge >= 0.3 is 0 Å². The number of aryl methyl sites for hydroxylation is 1. The minimum absolute atomic E-state index is 0.0971. The predicted molar refractivity (Wildman–Crippen MR) is 86.6 cm³/mol. The number of carbonyl (C=O) groups is 1. The first-order valence-electron chi connectivity index (χ1n) is 6.14. The Morgan fingerprint density at radius 1 is 1.50 bits per heavy atom. The quantitative estimate of drug-likeness (QED) is 0.554. The van der Waals surface area contributed by atoms with Gasteiger partial charge in [-0.05, 0) is 28.9 Å². The number of benzene rings is 1. The van der Waals surface area contributed by atoms with Crippen molar-refractivity contribution >= 4 is 49.5 Å². The van der Waals surface area contributed by atoms with E-state index < -0.39 is 10.8 Å². The van der Waals surface area contributed by atoms with Crippen molar-refractivity contribution in [3.05, 3.63) is 55.8 Å². The third kappa shape index (κ3) is 2.60. The molecule has 0 atom stereocenters. The van der Waals surface area contributed by atoms with Crippen LogP contribution in [0.1, 0.15) is 16.2 Å². The molecule has 112 valence electrons. The van der Waals surface area contributed by atoms with Crippen molar-refractivity contribution in [2.45, 2.75) is 6.92 Å². The summed E-state index contributed by atoms with van der Waals surface area (Å²) in [6.07, 6.45) is 1.64. The zero-order valence-electron chi connectivity index (χ0n) is 11.2. The molecule has 0 aliphatic heterocycles. The van der Waals surface area contributed by atoms with Crippen LogP contribution in [-0.2, 0) is 0 Å². The molecular weight excluding hydrogens is 372 g/mol. The van der Waals surface area contributed by atoms with E-state index in [-0.39, 0.29) is 11.4 Å². The Kier molecular flexibility index (Phi) is 3.67. The summed E-state index contributed by atoms with van der Waals surface area (Å²) in [5.41, 5.74) is 1.48. The van der Waals surface area contributed by atoms with Crippen molar-refractivity contribution in [2.75, 3.05) is 5.32 Å². The Labute approximate surface area is 136 Å². The number of nitrogens with one attached hydrogen (secondary N) is 1. The lowest BCUT2D eigenvalue weighted by Gasteiger charge is -2.05. The molecule has 0 aliphatic rings. The highest BCUT2D eigenvalue weighted by atomic mass is 79.9. The number of nitro benzene ring substituents is 1. The number of imidazole rings is 1. The summed E-state index contributed by atoms with van der Waals surface area (Å²) >= 11 is 4.70. The van der Waals surface area contributed by atoms with Gasteiger partial charge < -0.3 is 5.32 Å². The first-order chi connectivity index (χ1) is 10.5. The van der Waals surface area contributed by atoms with Crippen LogP contribution >= 0.6 is 27.3 Å². The largest absolute Gasteiger partial charge is 0.319 e. The minimum atomic E-state index is -0.516. The second kappa shape index (κ2) is 5.50. The number of aromatic nitrogens is 2. The van der Waals surface area contributed by atoms with E-state index in [0.29, 0.717) is 10.2 Å². The van der Waals surface area contributed by atoms with Crippen LogP contribution < -0.4 is 5.32 Å². The van der Waals surface area contributed by atoms with E-state index in [2.05, 4.69) is 26.2 Å². The van der Waals surface area contributed by atoms with E-state index >= 15 is 0 Å². The summed E-state index contributed by atoms with van der Waals surface area (Å²) in [6, 6.07) is 4.17. The molecule has 1 aromatic carbocycles. The smallest absolute Gasteiger partial charge is 0.275 e. The number of non-ortho nitro benzene ring substituents is 1. The Bertz CT molecular complexity index is 902. The topological polar surface area (TPSA) is 89.5 Å². The van der Waals surface area contributed by atoms with Gasteiger partial charge in [0, 0.05) is 33.9 Å². The summed E-state index contributed by atoms with van der Waals surface area (Å²) in [7, 11) is 0. The third-order valence-electron chi connectivity index (χ3n) is 3.03. The maximum atomic E-state index is 12.3. The highest BCUT2D eigenvalue weighted by molar-refractivity contribution is 9.10. The lowest BCUT2D eigenvalue weighted by Crippen LogP contribution is -2.13. The number of nitrogens with zero attached hydrogens (tertiary/aromatic N) is 3. The number of rotatable bonds is 3. The molecule has 0 bridgehead atoms. The second-order valence-corrected chi connectivity index (χ2v) is 6.22. The van der Waals surface area contributed by atoms with E-state index in [4.69, 9.17) is 0 Å². The molecule has 7 nitrogen and oxygen atoms in total. The number of carbonyl (C=O) groups excluding carboxylic acids is 1. The number of nitro groups is 1. The van der Waals surface area contributed by atoms with E-state index in [0.717, 1.165) is 10.7 Å². The van der Waals surface area contributed by atoms with Crippen LogP contribution in [0.25, 0.3) is 4.96 Å². The highest BCUT2D eigenvalue weighted by Crippen LogP contribution is 2.27. The normalized spacial score (nSPS) is 10.8. The Morgan fingerprint density at radius 3 is 2.95 bits per heavy atom. The van der Waals surface area contributed by atoms with Crippen molar-refractivity contribution in [1.82, 2.24) is 9.38 Å². The van der Waals surface area contributed by atoms with Gasteiger partial charge in [0.2, 0.25) is 0 Å². The van der Waals surface area contributed by atoms with E-state index in [9.17, 15) is 14.9 Å². The minimum Gasteiger partial charge on any atom is -0.319 e. The van der Waals surface area contributed by atoms with Crippen LogP contribution in [0, 0.1) is 17.0 Å². The zero-order chi connectivity index (χ0) is 15.9. The first-order valence-corrected chi connectivity index (χ1v) is 7.81. The number of amides is 1. The summed E-state index contributed by atoms with van der Waals surface area (Å²) in [6.45, 7) is 1.92. The summed E-state index contributed by atoms with van der Waals surface area (Å²) < 4.78 is 2.38. The molecule has 9 heteroatoms. The summed E-state index contributed by atoms with van der Waals surface area (Å²) in [5.74, 6) is -0.420. The highest BCUT2D eigenvalue weighted by Gasteiger charge is 2.16. The van der Waals surface area contributed by atoms with Crippen LogP contribution in [-0.4, -0.2) is 20.2 Å². The average Bonchev–Trinajstić information content (AvgIpc) is 3.03.